The Morgan fingerprint density at radius 3 is 1.90 bits per heavy atom. The van der Waals surface area contributed by atoms with E-state index >= 15 is 0 Å². The number of fused-ring (bicyclic) bond motifs is 2. The average molecular weight is 280 g/mol. The highest BCUT2D eigenvalue weighted by molar-refractivity contribution is 6.05. The maximum atomic E-state index is 12.6. The lowest BCUT2D eigenvalue weighted by Crippen LogP contribution is -2.53. The topological polar surface area (TPSA) is 52.6 Å². The number of rotatable bonds is 4. The van der Waals surface area contributed by atoms with Gasteiger partial charge < -0.3 is 9.47 Å². The van der Waals surface area contributed by atoms with Crippen molar-refractivity contribution < 1.29 is 19.1 Å². The molecule has 1 atom stereocenters. The molecule has 1 unspecified atom stereocenters. The van der Waals surface area contributed by atoms with Gasteiger partial charge in [0.2, 0.25) is 0 Å². The van der Waals surface area contributed by atoms with Crippen LogP contribution in [-0.4, -0.2) is 25.2 Å². The molecular weight excluding hydrogens is 256 g/mol. The molecule has 4 heteroatoms. The van der Waals surface area contributed by atoms with Gasteiger partial charge in [0.25, 0.3) is 0 Å². The molecule has 0 aromatic heterocycles. The number of allylic oxidation sites excluding steroid dienone is 1. The van der Waals surface area contributed by atoms with Crippen LogP contribution in [0.3, 0.4) is 0 Å². The molecule has 0 aliphatic heterocycles. The number of hydrogen-bond acceptors (Lipinski definition) is 4. The largest absolute Gasteiger partial charge is 0.465 e. The fraction of sp³-hybridized carbons (Fsp3) is 0.750. The standard InChI is InChI=1S/C16H24O4/c1-6-19-12(17)16(13(18)20-7-2)10-11-8-9-15(16,5)14(11,3)4/h10H,6-9H2,1-5H3. The lowest BCUT2D eigenvalue weighted by Gasteiger charge is -2.44. The lowest BCUT2D eigenvalue weighted by atomic mass is 9.57. The summed E-state index contributed by atoms with van der Waals surface area (Å²) in [7, 11) is 0. The third kappa shape index (κ3) is 1.54. The van der Waals surface area contributed by atoms with Gasteiger partial charge in [0, 0.05) is 5.41 Å². The molecule has 2 rings (SSSR count). The van der Waals surface area contributed by atoms with E-state index in [0.717, 1.165) is 12.8 Å². The van der Waals surface area contributed by atoms with Crippen LogP contribution in [-0.2, 0) is 19.1 Å². The Balaban J connectivity index is 2.56. The van der Waals surface area contributed by atoms with Crippen molar-refractivity contribution in [3.05, 3.63) is 11.6 Å². The predicted molar refractivity (Wildman–Crippen MR) is 74.9 cm³/mol. The monoisotopic (exact) mass is 280 g/mol. The molecule has 2 aliphatic carbocycles. The zero-order chi connectivity index (χ0) is 15.2. The fourth-order valence-corrected chi connectivity index (χ4v) is 3.87. The van der Waals surface area contributed by atoms with Gasteiger partial charge in [-0.2, -0.15) is 0 Å². The van der Waals surface area contributed by atoms with Crippen LogP contribution in [0.25, 0.3) is 0 Å². The number of hydrogen-bond donors (Lipinski definition) is 0. The maximum Gasteiger partial charge on any atom is 0.328 e. The van der Waals surface area contributed by atoms with Crippen molar-refractivity contribution in [2.45, 2.75) is 47.5 Å². The molecule has 0 radical (unpaired) electrons. The zero-order valence-electron chi connectivity index (χ0n) is 13.0. The predicted octanol–water partition coefficient (Wildman–Crippen LogP) is 2.87. The van der Waals surface area contributed by atoms with Crippen LogP contribution < -0.4 is 0 Å². The second-order valence-corrected chi connectivity index (χ2v) is 6.38. The van der Waals surface area contributed by atoms with Crippen molar-refractivity contribution in [3.63, 3.8) is 0 Å². The van der Waals surface area contributed by atoms with E-state index in [1.165, 1.54) is 5.57 Å². The van der Waals surface area contributed by atoms with Crippen molar-refractivity contribution in [2.24, 2.45) is 16.2 Å². The van der Waals surface area contributed by atoms with Crippen molar-refractivity contribution in [2.75, 3.05) is 13.2 Å². The third-order valence-corrected chi connectivity index (χ3v) is 5.53. The fourth-order valence-electron chi connectivity index (χ4n) is 3.87. The van der Waals surface area contributed by atoms with E-state index in [9.17, 15) is 9.59 Å². The van der Waals surface area contributed by atoms with E-state index in [0.29, 0.717) is 0 Å². The first-order valence-electron chi connectivity index (χ1n) is 7.34. The van der Waals surface area contributed by atoms with Crippen molar-refractivity contribution >= 4 is 11.9 Å². The Bertz CT molecular complexity index is 457. The molecular formula is C16H24O4. The first kappa shape index (κ1) is 15.1. The molecule has 0 amide bonds. The number of carbonyl (C=O) groups is 2. The quantitative estimate of drug-likeness (QED) is 0.451. The summed E-state index contributed by atoms with van der Waals surface area (Å²) in [6, 6.07) is 0. The highest BCUT2D eigenvalue weighted by Gasteiger charge is 2.72. The maximum absolute atomic E-state index is 12.6. The van der Waals surface area contributed by atoms with Gasteiger partial charge in [-0.05, 0) is 32.1 Å². The third-order valence-electron chi connectivity index (χ3n) is 5.53. The zero-order valence-corrected chi connectivity index (χ0v) is 13.0. The molecule has 0 saturated heterocycles. The van der Waals surface area contributed by atoms with Gasteiger partial charge in [0.15, 0.2) is 5.41 Å². The molecule has 20 heavy (non-hydrogen) atoms. The highest BCUT2D eigenvalue weighted by Crippen LogP contribution is 2.70. The summed E-state index contributed by atoms with van der Waals surface area (Å²) in [5.41, 5.74) is -0.780. The minimum absolute atomic E-state index is 0.188. The van der Waals surface area contributed by atoms with E-state index < -0.39 is 22.8 Å². The van der Waals surface area contributed by atoms with Crippen LogP contribution in [0.4, 0.5) is 0 Å². The van der Waals surface area contributed by atoms with Gasteiger partial charge in [0.05, 0.1) is 13.2 Å². The van der Waals surface area contributed by atoms with E-state index in [1.54, 1.807) is 13.8 Å². The summed E-state index contributed by atoms with van der Waals surface area (Å²) >= 11 is 0. The summed E-state index contributed by atoms with van der Waals surface area (Å²) in [5, 5.41) is 0. The summed E-state index contributed by atoms with van der Waals surface area (Å²) in [6.45, 7) is 10.3. The SMILES string of the molecule is CCOC(=O)C1(C(=O)OCC)C=C2CCC1(C)C2(C)C. The molecule has 0 heterocycles. The Morgan fingerprint density at radius 2 is 1.60 bits per heavy atom. The molecule has 4 nitrogen and oxygen atoms in total. The van der Waals surface area contributed by atoms with E-state index in [-0.39, 0.29) is 18.6 Å². The normalized spacial score (nSPS) is 28.9. The van der Waals surface area contributed by atoms with Gasteiger partial charge in [0.1, 0.15) is 0 Å². The van der Waals surface area contributed by atoms with Crippen LogP contribution in [0.5, 0.6) is 0 Å². The Hall–Kier alpha value is -1.32. The molecule has 2 bridgehead atoms. The van der Waals surface area contributed by atoms with Crippen LogP contribution in [0, 0.1) is 16.2 Å². The smallest absolute Gasteiger partial charge is 0.328 e. The second kappa shape index (κ2) is 4.61. The Labute approximate surface area is 120 Å². The minimum Gasteiger partial charge on any atom is -0.465 e. The van der Waals surface area contributed by atoms with Crippen LogP contribution in [0.2, 0.25) is 0 Å². The van der Waals surface area contributed by atoms with Crippen LogP contribution in [0.15, 0.2) is 11.6 Å². The number of ether oxygens (including phenoxy) is 2. The van der Waals surface area contributed by atoms with Gasteiger partial charge in [-0.3, -0.25) is 9.59 Å². The Kier molecular flexibility index (Phi) is 3.47. The molecule has 0 aromatic carbocycles. The minimum atomic E-state index is -1.28. The van der Waals surface area contributed by atoms with Gasteiger partial charge in [-0.15, -0.1) is 0 Å². The summed E-state index contributed by atoms with van der Waals surface area (Å²) in [6.07, 6.45) is 3.57. The average Bonchev–Trinajstić information content (AvgIpc) is 2.70. The van der Waals surface area contributed by atoms with Crippen LogP contribution >= 0.6 is 0 Å². The number of carbonyl (C=O) groups excluding carboxylic acids is 2. The molecule has 112 valence electrons. The van der Waals surface area contributed by atoms with Gasteiger partial charge >= 0.3 is 11.9 Å². The summed E-state index contributed by atoms with van der Waals surface area (Å²) in [5.74, 6) is -0.938. The first-order chi connectivity index (χ1) is 9.28. The van der Waals surface area contributed by atoms with Crippen LogP contribution in [0.1, 0.15) is 47.5 Å². The van der Waals surface area contributed by atoms with Crippen molar-refractivity contribution in [3.8, 4) is 0 Å². The van der Waals surface area contributed by atoms with E-state index in [1.807, 2.05) is 13.0 Å². The molecule has 0 N–H and O–H groups in total. The van der Waals surface area contributed by atoms with Gasteiger partial charge in [-0.1, -0.05) is 32.4 Å². The lowest BCUT2D eigenvalue weighted by molar-refractivity contribution is -0.180. The Morgan fingerprint density at radius 1 is 1.10 bits per heavy atom. The second-order valence-electron chi connectivity index (χ2n) is 6.38. The molecule has 1 saturated carbocycles. The molecule has 1 fully saturated rings. The van der Waals surface area contributed by atoms with Crippen molar-refractivity contribution in [1.29, 1.82) is 0 Å². The first-order valence-corrected chi connectivity index (χ1v) is 7.34. The van der Waals surface area contributed by atoms with E-state index in [2.05, 4.69) is 13.8 Å². The number of esters is 2. The molecule has 0 spiro atoms. The molecule has 2 aliphatic rings. The highest BCUT2D eigenvalue weighted by atomic mass is 16.6. The molecule has 0 aromatic rings. The van der Waals surface area contributed by atoms with E-state index in [4.69, 9.17) is 9.47 Å². The van der Waals surface area contributed by atoms with Crippen molar-refractivity contribution in [1.82, 2.24) is 0 Å². The van der Waals surface area contributed by atoms with Gasteiger partial charge in [-0.25, -0.2) is 0 Å². The summed E-state index contributed by atoms with van der Waals surface area (Å²) in [4.78, 5) is 25.2. The summed E-state index contributed by atoms with van der Waals surface area (Å²) < 4.78 is 10.4.